The van der Waals surface area contributed by atoms with Crippen LogP contribution in [0.15, 0.2) is 91.5 Å². The van der Waals surface area contributed by atoms with E-state index in [0.717, 1.165) is 22.4 Å². The molecule has 1 heterocycles. The lowest BCUT2D eigenvalue weighted by molar-refractivity contribution is -0.144. The zero-order valence-corrected chi connectivity index (χ0v) is 21.4. The predicted octanol–water partition coefficient (Wildman–Crippen LogP) is 5.13. The van der Waals surface area contributed by atoms with E-state index < -0.39 is 42.3 Å². The molecular weight excluding hydrogens is 498 g/mol. The molecule has 3 aromatic carbocycles. The average molecular weight is 530 g/mol. The summed E-state index contributed by atoms with van der Waals surface area (Å²) in [5.74, 6) is -3.22. The summed E-state index contributed by atoms with van der Waals surface area (Å²) in [4.78, 5) is 38.0. The lowest BCUT2D eigenvalue weighted by Gasteiger charge is -2.24. The van der Waals surface area contributed by atoms with Crippen LogP contribution in [0.1, 0.15) is 23.1 Å². The largest absolute Gasteiger partial charge is 0.493 e. The van der Waals surface area contributed by atoms with Crippen LogP contribution in [-0.4, -0.2) is 52.3 Å². The van der Waals surface area contributed by atoms with Gasteiger partial charge < -0.3 is 19.7 Å². The van der Waals surface area contributed by atoms with Crippen molar-refractivity contribution >= 4 is 23.6 Å². The minimum absolute atomic E-state index is 0.0172. The highest BCUT2D eigenvalue weighted by atomic mass is 16.6. The molecule has 3 aromatic rings. The van der Waals surface area contributed by atoms with E-state index in [1.165, 1.54) is 5.56 Å². The maximum atomic E-state index is 13.0. The van der Waals surface area contributed by atoms with Gasteiger partial charge in [0.1, 0.15) is 18.4 Å². The van der Waals surface area contributed by atoms with E-state index in [-0.39, 0.29) is 13.2 Å². The first kappa shape index (κ1) is 27.4. The van der Waals surface area contributed by atoms with Gasteiger partial charge in [-0.25, -0.2) is 9.59 Å². The molecule has 3 atom stereocenters. The molecular formula is C31H31NO7. The van der Waals surface area contributed by atoms with E-state index >= 15 is 0 Å². The second kappa shape index (κ2) is 12.8. The summed E-state index contributed by atoms with van der Waals surface area (Å²) < 4.78 is 11.2. The molecule has 0 radical (unpaired) electrons. The number of amides is 1. The summed E-state index contributed by atoms with van der Waals surface area (Å²) in [5.41, 5.74) is 3.20. The Hall–Kier alpha value is -4.59. The highest BCUT2D eigenvalue weighted by Crippen LogP contribution is 2.41. The van der Waals surface area contributed by atoms with Gasteiger partial charge in [-0.3, -0.25) is 9.69 Å². The van der Waals surface area contributed by atoms with E-state index in [9.17, 15) is 24.6 Å². The number of carbonyl (C=O) groups is 3. The summed E-state index contributed by atoms with van der Waals surface area (Å²) in [6.45, 7) is 4.64. The lowest BCUT2D eigenvalue weighted by atomic mass is 9.81. The molecule has 8 nitrogen and oxygen atoms in total. The Labute approximate surface area is 227 Å². The minimum atomic E-state index is -1.35. The highest BCUT2D eigenvalue weighted by Gasteiger charge is 2.50. The van der Waals surface area contributed by atoms with Crippen LogP contribution in [0.2, 0.25) is 0 Å². The number of carboxylic acid groups (broad SMARTS) is 2. The maximum absolute atomic E-state index is 13.0. The van der Waals surface area contributed by atoms with Crippen molar-refractivity contribution in [3.05, 3.63) is 108 Å². The van der Waals surface area contributed by atoms with E-state index in [1.807, 2.05) is 60.7 Å². The summed E-state index contributed by atoms with van der Waals surface area (Å²) >= 11 is 0. The molecule has 39 heavy (non-hydrogen) atoms. The monoisotopic (exact) mass is 529 g/mol. The third-order valence-corrected chi connectivity index (χ3v) is 6.93. The van der Waals surface area contributed by atoms with Crippen LogP contribution in [0, 0.1) is 11.8 Å². The zero-order chi connectivity index (χ0) is 27.8. The van der Waals surface area contributed by atoms with Gasteiger partial charge in [0.05, 0.1) is 13.0 Å². The van der Waals surface area contributed by atoms with E-state index in [2.05, 4.69) is 6.58 Å². The van der Waals surface area contributed by atoms with Crippen molar-refractivity contribution in [2.75, 3.05) is 13.2 Å². The SMILES string of the molecule is C=C(c1ccc(OCCc2ccccc2)cc1)[C@H]1CN(C(=O)OCc2ccccc2)[C@H](C(=O)O)[C@H]1CC(=O)O. The van der Waals surface area contributed by atoms with Gasteiger partial charge in [0.25, 0.3) is 0 Å². The van der Waals surface area contributed by atoms with E-state index in [0.29, 0.717) is 17.9 Å². The van der Waals surface area contributed by atoms with Gasteiger partial charge in [-0.05, 0) is 34.4 Å². The van der Waals surface area contributed by atoms with Crippen LogP contribution in [0.5, 0.6) is 5.75 Å². The Balaban J connectivity index is 1.46. The fourth-order valence-corrected chi connectivity index (χ4v) is 4.95. The van der Waals surface area contributed by atoms with Gasteiger partial charge in [0.2, 0.25) is 0 Å². The molecule has 0 spiro atoms. The molecule has 1 fully saturated rings. The second-order valence-corrected chi connectivity index (χ2v) is 9.48. The first-order valence-electron chi connectivity index (χ1n) is 12.7. The van der Waals surface area contributed by atoms with Gasteiger partial charge in [0.15, 0.2) is 0 Å². The number of ether oxygens (including phenoxy) is 2. The van der Waals surface area contributed by atoms with Crippen molar-refractivity contribution in [3.63, 3.8) is 0 Å². The topological polar surface area (TPSA) is 113 Å². The zero-order valence-electron chi connectivity index (χ0n) is 21.4. The third kappa shape index (κ3) is 7.04. The molecule has 1 amide bonds. The second-order valence-electron chi connectivity index (χ2n) is 9.48. The number of benzene rings is 3. The maximum Gasteiger partial charge on any atom is 0.410 e. The third-order valence-electron chi connectivity index (χ3n) is 6.93. The number of aliphatic carboxylic acids is 2. The van der Waals surface area contributed by atoms with Crippen molar-refractivity contribution in [1.82, 2.24) is 4.90 Å². The van der Waals surface area contributed by atoms with E-state index in [4.69, 9.17) is 9.47 Å². The Bertz CT molecular complexity index is 1290. The van der Waals surface area contributed by atoms with Gasteiger partial charge in [0, 0.05) is 24.8 Å². The number of nitrogens with zero attached hydrogens (tertiary/aromatic N) is 1. The van der Waals surface area contributed by atoms with Crippen LogP contribution < -0.4 is 4.74 Å². The highest BCUT2D eigenvalue weighted by molar-refractivity contribution is 5.84. The van der Waals surface area contributed by atoms with Gasteiger partial charge in [-0.15, -0.1) is 0 Å². The molecule has 2 N–H and O–H groups in total. The Kier molecular flexibility index (Phi) is 8.99. The standard InChI is InChI=1S/C31H31NO7/c1-21(24-12-14-25(15-13-24)38-17-16-22-8-4-2-5-9-22)27-19-32(29(30(35)36)26(27)18-28(33)34)31(37)39-20-23-10-6-3-7-11-23/h2-15,26-27,29H,1,16-20H2,(H,33,34)(H,35,36)/t26-,27+,29-/m0/s1. The molecule has 8 heteroatoms. The number of likely N-dealkylation sites (tertiary alicyclic amines) is 1. The number of rotatable bonds is 11. The van der Waals surface area contributed by atoms with Crippen LogP contribution in [-0.2, 0) is 27.4 Å². The summed E-state index contributed by atoms with van der Waals surface area (Å²) in [7, 11) is 0. The number of carboxylic acids is 2. The predicted molar refractivity (Wildman–Crippen MR) is 145 cm³/mol. The smallest absolute Gasteiger partial charge is 0.410 e. The van der Waals surface area contributed by atoms with Crippen LogP contribution >= 0.6 is 0 Å². The van der Waals surface area contributed by atoms with Crippen molar-refractivity contribution in [1.29, 1.82) is 0 Å². The Morgan fingerprint density at radius 2 is 1.49 bits per heavy atom. The summed E-state index contributed by atoms with van der Waals surface area (Å²) in [6, 6.07) is 24.9. The van der Waals surface area contributed by atoms with Gasteiger partial charge in [-0.2, -0.15) is 0 Å². The Morgan fingerprint density at radius 3 is 2.08 bits per heavy atom. The molecule has 1 aliphatic rings. The van der Waals surface area contributed by atoms with Crippen molar-refractivity contribution in [2.45, 2.75) is 25.5 Å². The van der Waals surface area contributed by atoms with Crippen molar-refractivity contribution < 1.29 is 34.1 Å². The van der Waals surface area contributed by atoms with Gasteiger partial charge >= 0.3 is 18.0 Å². The van der Waals surface area contributed by atoms with Crippen LogP contribution in [0.3, 0.4) is 0 Å². The molecule has 4 rings (SSSR count). The number of carbonyl (C=O) groups excluding carboxylic acids is 1. The Morgan fingerprint density at radius 1 is 0.872 bits per heavy atom. The number of hydrogen-bond acceptors (Lipinski definition) is 5. The lowest BCUT2D eigenvalue weighted by Crippen LogP contribution is -2.44. The van der Waals surface area contributed by atoms with Gasteiger partial charge in [-0.1, -0.05) is 79.4 Å². The molecule has 0 bridgehead atoms. The summed E-state index contributed by atoms with van der Waals surface area (Å²) in [6.07, 6.45) is -0.468. The first-order valence-corrected chi connectivity index (χ1v) is 12.7. The average Bonchev–Trinajstić information content (AvgIpc) is 3.31. The summed E-state index contributed by atoms with van der Waals surface area (Å²) in [5, 5.41) is 19.5. The van der Waals surface area contributed by atoms with Crippen LogP contribution in [0.25, 0.3) is 5.57 Å². The quantitative estimate of drug-likeness (QED) is 0.354. The molecule has 0 aromatic heterocycles. The molecule has 1 aliphatic heterocycles. The fourth-order valence-electron chi connectivity index (χ4n) is 4.95. The molecule has 202 valence electrons. The molecule has 1 saturated heterocycles. The first-order chi connectivity index (χ1) is 18.8. The molecule has 0 unspecified atom stereocenters. The molecule has 0 saturated carbocycles. The minimum Gasteiger partial charge on any atom is -0.493 e. The molecule has 0 aliphatic carbocycles. The normalized spacial score (nSPS) is 18.4. The van der Waals surface area contributed by atoms with Crippen molar-refractivity contribution in [3.8, 4) is 5.75 Å². The van der Waals surface area contributed by atoms with E-state index in [1.54, 1.807) is 24.3 Å². The number of hydrogen-bond donors (Lipinski definition) is 2. The van der Waals surface area contributed by atoms with Crippen molar-refractivity contribution in [2.24, 2.45) is 11.8 Å². The fraction of sp³-hybridized carbons (Fsp3) is 0.258. The van der Waals surface area contributed by atoms with Crippen LogP contribution in [0.4, 0.5) is 4.79 Å².